The lowest BCUT2D eigenvalue weighted by molar-refractivity contribution is -0.129. The maximum atomic E-state index is 12.4. The molecule has 3 rings (SSSR count). The van der Waals surface area contributed by atoms with Gasteiger partial charge in [-0.1, -0.05) is 0 Å². The fourth-order valence-electron chi connectivity index (χ4n) is 2.11. The largest absolute Gasteiger partial charge is 0.493 e. The fraction of sp³-hybridized carbons (Fsp3) is 0.188. The summed E-state index contributed by atoms with van der Waals surface area (Å²) in [6, 6.07) is 4.14. The highest BCUT2D eigenvalue weighted by Crippen LogP contribution is 2.31. The van der Waals surface area contributed by atoms with Gasteiger partial charge in [0.1, 0.15) is 0 Å². The van der Waals surface area contributed by atoms with Gasteiger partial charge in [-0.3, -0.25) is 0 Å². The zero-order valence-electron chi connectivity index (χ0n) is 13.2. The highest BCUT2D eigenvalue weighted by Gasteiger charge is 2.25. The van der Waals surface area contributed by atoms with Crippen molar-refractivity contribution in [2.45, 2.75) is 13.5 Å². The first-order valence-electron chi connectivity index (χ1n) is 7.04. The number of nitrogens with zero attached hydrogens (tertiary/aromatic N) is 2. The van der Waals surface area contributed by atoms with Gasteiger partial charge in [-0.2, -0.15) is 8.78 Å². The van der Waals surface area contributed by atoms with Crippen LogP contribution in [0.3, 0.4) is 0 Å². The second-order valence-electron chi connectivity index (χ2n) is 4.87. The Morgan fingerprint density at radius 3 is 2.76 bits per heavy atom. The number of benzene rings is 1. The van der Waals surface area contributed by atoms with Crippen LogP contribution in [0.4, 0.5) is 8.78 Å². The monoisotopic (exact) mass is 366 g/mol. The van der Waals surface area contributed by atoms with Crippen molar-refractivity contribution in [2.24, 2.45) is 4.99 Å². The van der Waals surface area contributed by atoms with Crippen LogP contribution in [0.25, 0.3) is 6.08 Å². The van der Waals surface area contributed by atoms with E-state index in [1.54, 1.807) is 5.38 Å². The molecule has 130 valence electrons. The molecule has 0 unspecified atom stereocenters. The molecule has 1 aromatic heterocycles. The summed E-state index contributed by atoms with van der Waals surface area (Å²) in [5, 5.41) is 2.66. The number of cyclic esters (lactones) is 1. The molecule has 2 heterocycles. The maximum absolute atomic E-state index is 12.4. The summed E-state index contributed by atoms with van der Waals surface area (Å²) < 4.78 is 39.2. The van der Waals surface area contributed by atoms with Crippen molar-refractivity contribution in [2.75, 3.05) is 7.11 Å². The van der Waals surface area contributed by atoms with Gasteiger partial charge in [-0.25, -0.2) is 14.8 Å². The quantitative estimate of drug-likeness (QED) is 0.599. The van der Waals surface area contributed by atoms with E-state index in [2.05, 4.69) is 14.7 Å². The summed E-state index contributed by atoms with van der Waals surface area (Å²) in [4.78, 5) is 20.3. The molecule has 0 spiro atoms. The molecular weight excluding hydrogens is 354 g/mol. The molecule has 0 radical (unpaired) electrons. The van der Waals surface area contributed by atoms with Gasteiger partial charge in [0.2, 0.25) is 5.90 Å². The number of aromatic nitrogens is 1. The zero-order chi connectivity index (χ0) is 18.0. The van der Waals surface area contributed by atoms with Gasteiger partial charge >= 0.3 is 12.6 Å². The van der Waals surface area contributed by atoms with Crippen molar-refractivity contribution in [3.63, 3.8) is 0 Å². The minimum Gasteiger partial charge on any atom is -0.493 e. The van der Waals surface area contributed by atoms with Crippen molar-refractivity contribution >= 4 is 29.3 Å². The van der Waals surface area contributed by atoms with Crippen molar-refractivity contribution in [3.8, 4) is 11.5 Å². The average molecular weight is 366 g/mol. The number of aryl methyl sites for hydroxylation is 1. The first kappa shape index (κ1) is 17.0. The molecular formula is C16H12F2N2O4S. The third kappa shape index (κ3) is 3.82. The molecule has 0 aliphatic carbocycles. The standard InChI is InChI=1S/C16H12F2N2O4S/c1-8-19-10(7-25-8)6-11-15(21)24-14(20-11)9-3-4-12(23-16(17)18)13(5-9)22-2/h3-7,16H,1-2H3. The molecule has 1 aromatic carbocycles. The normalized spacial score (nSPS) is 15.5. The van der Waals surface area contributed by atoms with Crippen LogP contribution in [0.15, 0.2) is 34.3 Å². The Hall–Kier alpha value is -2.81. The van der Waals surface area contributed by atoms with Crippen LogP contribution in [0.5, 0.6) is 11.5 Å². The van der Waals surface area contributed by atoms with E-state index in [0.717, 1.165) is 5.01 Å². The Bertz CT molecular complexity index is 877. The number of rotatable bonds is 5. The number of carbonyl (C=O) groups is 1. The Morgan fingerprint density at radius 2 is 2.12 bits per heavy atom. The van der Waals surface area contributed by atoms with Crippen LogP contribution in [0.2, 0.25) is 0 Å². The van der Waals surface area contributed by atoms with E-state index in [0.29, 0.717) is 11.3 Å². The number of aliphatic imine (C=N–C) groups is 1. The van der Waals surface area contributed by atoms with E-state index < -0.39 is 12.6 Å². The summed E-state index contributed by atoms with van der Waals surface area (Å²) in [5.41, 5.74) is 1.11. The molecule has 9 heteroatoms. The van der Waals surface area contributed by atoms with E-state index >= 15 is 0 Å². The lowest BCUT2D eigenvalue weighted by Gasteiger charge is -2.10. The number of methoxy groups -OCH3 is 1. The Morgan fingerprint density at radius 1 is 1.32 bits per heavy atom. The van der Waals surface area contributed by atoms with Gasteiger partial charge in [-0.05, 0) is 31.2 Å². The third-order valence-electron chi connectivity index (χ3n) is 3.17. The zero-order valence-corrected chi connectivity index (χ0v) is 14.0. The van der Waals surface area contributed by atoms with Gasteiger partial charge in [-0.15, -0.1) is 11.3 Å². The number of carbonyl (C=O) groups excluding carboxylic acids is 1. The van der Waals surface area contributed by atoms with Crippen LogP contribution >= 0.6 is 11.3 Å². The van der Waals surface area contributed by atoms with Crippen molar-refractivity contribution in [1.82, 2.24) is 4.98 Å². The average Bonchev–Trinajstić information content (AvgIpc) is 3.14. The lowest BCUT2D eigenvalue weighted by atomic mass is 10.2. The molecule has 2 aromatic rings. The van der Waals surface area contributed by atoms with Crippen LogP contribution in [0, 0.1) is 6.92 Å². The smallest absolute Gasteiger partial charge is 0.387 e. The summed E-state index contributed by atoms with van der Waals surface area (Å²) >= 11 is 1.45. The molecule has 0 N–H and O–H groups in total. The number of esters is 1. The first-order chi connectivity index (χ1) is 12.0. The minimum absolute atomic E-state index is 0.0464. The van der Waals surface area contributed by atoms with Crippen molar-refractivity contribution in [1.29, 1.82) is 0 Å². The lowest BCUT2D eigenvalue weighted by Crippen LogP contribution is -2.07. The molecule has 1 aliphatic rings. The summed E-state index contributed by atoms with van der Waals surface area (Å²) in [6.07, 6.45) is 1.52. The highest BCUT2D eigenvalue weighted by molar-refractivity contribution is 7.09. The van der Waals surface area contributed by atoms with Crippen molar-refractivity contribution in [3.05, 3.63) is 45.5 Å². The molecule has 1 aliphatic heterocycles. The molecule has 0 saturated heterocycles. The molecule has 0 bridgehead atoms. The SMILES string of the molecule is COc1cc(C2=NC(=Cc3csc(C)n3)C(=O)O2)ccc1OC(F)F. The molecule has 25 heavy (non-hydrogen) atoms. The van der Waals surface area contributed by atoms with Crippen molar-refractivity contribution < 1.29 is 27.8 Å². The van der Waals surface area contributed by atoms with Gasteiger partial charge < -0.3 is 14.2 Å². The first-order valence-corrected chi connectivity index (χ1v) is 7.92. The van der Waals surface area contributed by atoms with Crippen LogP contribution in [0.1, 0.15) is 16.3 Å². The van der Waals surface area contributed by atoms with E-state index in [9.17, 15) is 13.6 Å². The second-order valence-corrected chi connectivity index (χ2v) is 5.93. The molecule has 6 nitrogen and oxygen atoms in total. The van der Waals surface area contributed by atoms with Gasteiger partial charge in [0.15, 0.2) is 17.2 Å². The molecule has 0 fully saturated rings. The molecule has 0 saturated carbocycles. The Balaban J connectivity index is 1.90. The van der Waals surface area contributed by atoms with Gasteiger partial charge in [0.05, 0.1) is 17.8 Å². The number of hydrogen-bond acceptors (Lipinski definition) is 7. The number of ether oxygens (including phenoxy) is 3. The molecule has 0 amide bonds. The summed E-state index contributed by atoms with van der Waals surface area (Å²) in [7, 11) is 1.32. The van der Waals surface area contributed by atoms with Gasteiger partial charge in [0.25, 0.3) is 0 Å². The third-order valence-corrected chi connectivity index (χ3v) is 3.96. The van der Waals surface area contributed by atoms with E-state index in [-0.39, 0.29) is 23.1 Å². The molecule has 0 atom stereocenters. The second kappa shape index (κ2) is 6.98. The predicted molar refractivity (Wildman–Crippen MR) is 87.1 cm³/mol. The summed E-state index contributed by atoms with van der Waals surface area (Å²) in [5.74, 6) is -0.624. The van der Waals surface area contributed by atoms with E-state index in [1.165, 1.54) is 42.7 Å². The van der Waals surface area contributed by atoms with Crippen LogP contribution in [-0.2, 0) is 9.53 Å². The minimum atomic E-state index is -2.97. The predicted octanol–water partition coefficient (Wildman–Crippen LogP) is 3.41. The number of thiazole rings is 1. The van der Waals surface area contributed by atoms with Gasteiger partial charge in [0, 0.05) is 10.9 Å². The highest BCUT2D eigenvalue weighted by atomic mass is 32.1. The van der Waals surface area contributed by atoms with E-state index in [1.807, 2.05) is 6.92 Å². The fourth-order valence-corrected chi connectivity index (χ4v) is 2.68. The Kier molecular flexibility index (Phi) is 4.75. The number of alkyl halides is 2. The number of hydrogen-bond donors (Lipinski definition) is 0. The van der Waals surface area contributed by atoms with Crippen LogP contribution in [-0.4, -0.2) is 30.6 Å². The topological polar surface area (TPSA) is 70.0 Å². The van der Waals surface area contributed by atoms with Crippen LogP contribution < -0.4 is 9.47 Å². The maximum Gasteiger partial charge on any atom is 0.387 e. The number of halogens is 2. The summed E-state index contributed by atoms with van der Waals surface area (Å²) in [6.45, 7) is -1.12. The van der Waals surface area contributed by atoms with E-state index in [4.69, 9.17) is 9.47 Å². The Labute approximate surface area is 145 Å².